The molecule has 0 bridgehead atoms. The van der Waals surface area contributed by atoms with Crippen LogP contribution in [0, 0.1) is 6.92 Å². The molecule has 0 saturated carbocycles. The number of benzene rings is 3. The Morgan fingerprint density at radius 3 is 2.10 bits per heavy atom. The maximum absolute atomic E-state index is 5.19. The average Bonchev–Trinajstić information content (AvgIpc) is 2.71. The molecule has 0 radical (unpaired) electrons. The van der Waals surface area contributed by atoms with Crippen LogP contribution in [0.4, 0.5) is 0 Å². The Morgan fingerprint density at radius 1 is 0.742 bits per heavy atom. The fourth-order valence-electron chi connectivity index (χ4n) is 4.06. The van der Waals surface area contributed by atoms with Gasteiger partial charge in [0.15, 0.2) is 0 Å². The molecule has 0 aliphatic rings. The van der Waals surface area contributed by atoms with Gasteiger partial charge in [-0.15, -0.1) is 0 Å². The first-order chi connectivity index (χ1) is 14.5. The zero-order valence-electron chi connectivity index (χ0n) is 19.9. The summed E-state index contributed by atoms with van der Waals surface area (Å²) in [4.78, 5) is 5.19. The lowest BCUT2D eigenvalue weighted by Crippen LogP contribution is -2.37. The van der Waals surface area contributed by atoms with Gasteiger partial charge < -0.3 is 0 Å². The summed E-state index contributed by atoms with van der Waals surface area (Å²) in [6, 6.07) is 26.8. The van der Waals surface area contributed by atoms with Gasteiger partial charge in [0.05, 0.1) is 19.3 Å². The Balaban J connectivity index is 2.01. The predicted octanol–water partition coefficient (Wildman–Crippen LogP) is 7.72. The van der Waals surface area contributed by atoms with Crippen molar-refractivity contribution in [3.8, 4) is 22.4 Å². The van der Waals surface area contributed by atoms with Crippen LogP contribution in [0.25, 0.3) is 33.3 Å². The van der Waals surface area contributed by atoms with Crippen LogP contribution in [0.1, 0.15) is 31.9 Å². The van der Waals surface area contributed by atoms with E-state index in [2.05, 4.69) is 120 Å². The first kappa shape index (κ1) is 21.5. The van der Waals surface area contributed by atoms with Gasteiger partial charge in [-0.2, -0.15) is 0 Å². The van der Waals surface area contributed by atoms with Crippen molar-refractivity contribution in [2.45, 2.75) is 52.8 Å². The number of pyridine rings is 1. The first-order valence-electron chi connectivity index (χ1n) is 11.2. The summed E-state index contributed by atoms with van der Waals surface area (Å²) in [6.45, 7) is 16.2. The monoisotopic (exact) mass is 423 g/mol. The van der Waals surface area contributed by atoms with Crippen LogP contribution in [0.2, 0.25) is 19.6 Å². The molecule has 0 atom stereocenters. The number of aromatic nitrogens is 1. The zero-order valence-corrected chi connectivity index (χ0v) is 20.9. The highest BCUT2D eigenvalue weighted by Gasteiger charge is 2.19. The predicted molar refractivity (Wildman–Crippen MR) is 139 cm³/mol. The summed E-state index contributed by atoms with van der Waals surface area (Å²) in [5, 5.41) is 2.67. The molecule has 1 nitrogen and oxygen atoms in total. The van der Waals surface area contributed by atoms with Crippen molar-refractivity contribution in [3.05, 3.63) is 83.9 Å². The second kappa shape index (κ2) is 7.76. The van der Waals surface area contributed by atoms with Crippen molar-refractivity contribution >= 4 is 24.2 Å². The summed E-state index contributed by atoms with van der Waals surface area (Å²) < 4.78 is 0. The van der Waals surface area contributed by atoms with Gasteiger partial charge in [0.2, 0.25) is 0 Å². The molecule has 2 heteroatoms. The fourth-order valence-corrected chi connectivity index (χ4v) is 5.22. The van der Waals surface area contributed by atoms with E-state index in [4.69, 9.17) is 4.98 Å². The highest BCUT2D eigenvalue weighted by molar-refractivity contribution is 6.88. The molecular formula is C29H33NSi. The lowest BCUT2D eigenvalue weighted by atomic mass is 9.84. The summed E-state index contributed by atoms with van der Waals surface area (Å²) in [6.07, 6.45) is 0. The number of rotatable bonds is 3. The van der Waals surface area contributed by atoms with Crippen molar-refractivity contribution in [1.82, 2.24) is 4.98 Å². The van der Waals surface area contributed by atoms with Crippen molar-refractivity contribution in [2.24, 2.45) is 0 Å². The topological polar surface area (TPSA) is 12.9 Å². The molecular weight excluding hydrogens is 390 g/mol. The Bertz CT molecular complexity index is 1240. The van der Waals surface area contributed by atoms with E-state index in [1.807, 2.05) is 0 Å². The molecule has 1 aromatic heterocycles. The standard InChI is InChI=1S/C29H33NSi/c1-20-15-22(17-23(16-20)29(2,3)4)27-19-26(21-11-9-8-10-12-21)25-14-13-24(31(5,6)7)18-28(25)30-27/h8-19H,1-7H3. The van der Waals surface area contributed by atoms with Gasteiger partial charge in [-0.1, -0.05) is 99.7 Å². The summed E-state index contributed by atoms with van der Waals surface area (Å²) in [5.41, 5.74) is 8.56. The van der Waals surface area contributed by atoms with Crippen molar-refractivity contribution in [3.63, 3.8) is 0 Å². The number of hydrogen-bond donors (Lipinski definition) is 0. The van der Waals surface area contributed by atoms with E-state index in [1.165, 1.54) is 38.4 Å². The molecule has 0 N–H and O–H groups in total. The highest BCUT2D eigenvalue weighted by Crippen LogP contribution is 2.34. The van der Waals surface area contributed by atoms with Gasteiger partial charge in [0, 0.05) is 10.9 Å². The van der Waals surface area contributed by atoms with Gasteiger partial charge in [-0.3, -0.25) is 0 Å². The number of nitrogens with zero attached hydrogens (tertiary/aromatic N) is 1. The molecule has 0 aliphatic heterocycles. The number of hydrogen-bond acceptors (Lipinski definition) is 1. The normalized spacial score (nSPS) is 12.4. The van der Waals surface area contributed by atoms with E-state index in [0.717, 1.165) is 11.2 Å². The minimum absolute atomic E-state index is 0.102. The quantitative estimate of drug-likeness (QED) is 0.307. The molecule has 4 aromatic rings. The Kier molecular flexibility index (Phi) is 5.39. The second-order valence-electron chi connectivity index (χ2n) is 10.7. The van der Waals surface area contributed by atoms with Crippen LogP contribution < -0.4 is 5.19 Å². The second-order valence-corrected chi connectivity index (χ2v) is 15.8. The minimum Gasteiger partial charge on any atom is -0.248 e. The van der Waals surface area contributed by atoms with E-state index in [-0.39, 0.29) is 5.41 Å². The molecule has 0 aliphatic carbocycles. The molecule has 158 valence electrons. The van der Waals surface area contributed by atoms with Crippen LogP contribution >= 0.6 is 0 Å². The third-order valence-electron chi connectivity index (χ3n) is 6.00. The van der Waals surface area contributed by atoms with Crippen LogP contribution in [0.15, 0.2) is 72.8 Å². The summed E-state index contributed by atoms with van der Waals surface area (Å²) >= 11 is 0. The number of aryl methyl sites for hydroxylation is 1. The summed E-state index contributed by atoms with van der Waals surface area (Å²) in [7, 11) is -1.43. The van der Waals surface area contributed by atoms with Crippen molar-refractivity contribution < 1.29 is 0 Å². The molecule has 0 fully saturated rings. The molecule has 4 rings (SSSR count). The van der Waals surface area contributed by atoms with E-state index in [1.54, 1.807) is 0 Å². The van der Waals surface area contributed by atoms with Crippen molar-refractivity contribution in [2.75, 3.05) is 0 Å². The molecule has 1 heterocycles. The third-order valence-corrected chi connectivity index (χ3v) is 8.04. The van der Waals surface area contributed by atoms with Crippen LogP contribution in [0.3, 0.4) is 0 Å². The van der Waals surface area contributed by atoms with E-state index in [9.17, 15) is 0 Å². The lowest BCUT2D eigenvalue weighted by Gasteiger charge is -2.21. The average molecular weight is 424 g/mol. The van der Waals surface area contributed by atoms with Crippen molar-refractivity contribution in [1.29, 1.82) is 0 Å². The molecule has 3 aromatic carbocycles. The first-order valence-corrected chi connectivity index (χ1v) is 14.7. The van der Waals surface area contributed by atoms with Crippen LogP contribution in [-0.2, 0) is 5.41 Å². The SMILES string of the molecule is Cc1cc(-c2cc(-c3ccccc3)c3ccc([Si](C)(C)C)cc3n2)cc(C(C)(C)C)c1. The van der Waals surface area contributed by atoms with E-state index < -0.39 is 8.07 Å². The van der Waals surface area contributed by atoms with Gasteiger partial charge in [-0.25, -0.2) is 4.98 Å². The van der Waals surface area contributed by atoms with Crippen LogP contribution in [-0.4, -0.2) is 13.1 Å². The Morgan fingerprint density at radius 2 is 1.45 bits per heavy atom. The molecule has 0 saturated heterocycles. The molecule has 0 unspecified atom stereocenters. The zero-order chi connectivity index (χ0) is 22.4. The van der Waals surface area contributed by atoms with Gasteiger partial charge in [-0.05, 0) is 53.3 Å². The van der Waals surface area contributed by atoms with Gasteiger partial charge in [0.25, 0.3) is 0 Å². The van der Waals surface area contributed by atoms with Gasteiger partial charge in [0.1, 0.15) is 0 Å². The number of fused-ring (bicyclic) bond motifs is 1. The largest absolute Gasteiger partial charge is 0.248 e. The highest BCUT2D eigenvalue weighted by atomic mass is 28.3. The molecule has 31 heavy (non-hydrogen) atoms. The maximum atomic E-state index is 5.19. The van der Waals surface area contributed by atoms with E-state index in [0.29, 0.717) is 0 Å². The molecule has 0 spiro atoms. The summed E-state index contributed by atoms with van der Waals surface area (Å²) in [5.74, 6) is 0. The Labute approximate surface area is 188 Å². The Hall–Kier alpha value is -2.71. The third kappa shape index (κ3) is 4.50. The minimum atomic E-state index is -1.43. The van der Waals surface area contributed by atoms with Gasteiger partial charge >= 0.3 is 0 Å². The molecule has 0 amide bonds. The van der Waals surface area contributed by atoms with E-state index >= 15 is 0 Å². The fraction of sp³-hybridized carbons (Fsp3) is 0.276. The van der Waals surface area contributed by atoms with Crippen LogP contribution in [0.5, 0.6) is 0 Å². The lowest BCUT2D eigenvalue weighted by molar-refractivity contribution is 0.590. The smallest absolute Gasteiger partial charge is 0.0776 e. The maximum Gasteiger partial charge on any atom is 0.0776 e.